The van der Waals surface area contributed by atoms with Crippen LogP contribution in [0.25, 0.3) is 0 Å². The number of hydrogen-bond donors (Lipinski definition) is 2. The Labute approximate surface area is 94.9 Å². The quantitative estimate of drug-likeness (QED) is 0.674. The molecule has 0 aromatic rings. The van der Waals surface area contributed by atoms with Gasteiger partial charge in [-0.1, -0.05) is 0 Å². The first-order valence-corrected chi connectivity index (χ1v) is 4.96. The number of carboxylic acids is 1. The van der Waals surface area contributed by atoms with Crippen LogP contribution in [0.1, 0.15) is 6.42 Å². The maximum atomic E-state index is 11.6. The van der Waals surface area contributed by atoms with Gasteiger partial charge in [0.2, 0.25) is 5.91 Å². The summed E-state index contributed by atoms with van der Waals surface area (Å²) in [5.41, 5.74) is 0. The van der Waals surface area contributed by atoms with Crippen molar-refractivity contribution in [2.24, 2.45) is 11.8 Å². The van der Waals surface area contributed by atoms with Crippen LogP contribution in [0.15, 0.2) is 0 Å². The minimum Gasteiger partial charge on any atom is -0.481 e. The molecular weight excluding hydrogens is 243 g/mol. The van der Waals surface area contributed by atoms with Gasteiger partial charge in [0.15, 0.2) is 0 Å². The lowest BCUT2D eigenvalue weighted by molar-refractivity contribution is -0.173. The molecule has 2 atom stereocenters. The van der Waals surface area contributed by atoms with Gasteiger partial charge in [-0.3, -0.25) is 9.59 Å². The van der Waals surface area contributed by atoms with Crippen molar-refractivity contribution >= 4 is 11.9 Å². The molecule has 98 valence electrons. The second-order valence-corrected chi connectivity index (χ2v) is 3.75. The number of aliphatic carboxylic acids is 1. The molecule has 5 nitrogen and oxygen atoms in total. The lowest BCUT2D eigenvalue weighted by Gasteiger charge is -2.08. The summed E-state index contributed by atoms with van der Waals surface area (Å²) in [6.45, 7) is -1.67. The molecule has 1 saturated carbocycles. The standard InChI is InChI=1S/C9H12F3NO4/c10-9(11,12)4-17-2-1-13-7(14)5-3-6(5)8(15)16/h5-6H,1-4H2,(H,13,14)(H,15,16). The average molecular weight is 255 g/mol. The fourth-order valence-corrected chi connectivity index (χ4v) is 1.32. The highest BCUT2D eigenvalue weighted by molar-refractivity contribution is 5.89. The van der Waals surface area contributed by atoms with E-state index in [1.54, 1.807) is 0 Å². The van der Waals surface area contributed by atoms with Crippen LogP contribution in [0.2, 0.25) is 0 Å². The number of halogens is 3. The monoisotopic (exact) mass is 255 g/mol. The third-order valence-electron chi connectivity index (χ3n) is 2.26. The highest BCUT2D eigenvalue weighted by Gasteiger charge is 2.48. The van der Waals surface area contributed by atoms with Gasteiger partial charge in [-0.15, -0.1) is 0 Å². The Morgan fingerprint density at radius 1 is 1.35 bits per heavy atom. The minimum atomic E-state index is -4.38. The Hall–Kier alpha value is -1.31. The molecule has 17 heavy (non-hydrogen) atoms. The van der Waals surface area contributed by atoms with E-state index in [1.165, 1.54) is 0 Å². The topological polar surface area (TPSA) is 75.6 Å². The van der Waals surface area contributed by atoms with Crippen LogP contribution in [0.4, 0.5) is 13.2 Å². The van der Waals surface area contributed by atoms with Crippen molar-refractivity contribution in [1.29, 1.82) is 0 Å². The molecule has 0 bridgehead atoms. The highest BCUT2D eigenvalue weighted by atomic mass is 19.4. The molecule has 1 amide bonds. The Morgan fingerprint density at radius 3 is 2.47 bits per heavy atom. The predicted molar refractivity (Wildman–Crippen MR) is 49.1 cm³/mol. The molecule has 0 aliphatic heterocycles. The van der Waals surface area contributed by atoms with Crippen LogP contribution in [0.5, 0.6) is 0 Å². The molecule has 0 aromatic heterocycles. The van der Waals surface area contributed by atoms with Crippen LogP contribution in [-0.2, 0) is 14.3 Å². The number of amides is 1. The second-order valence-electron chi connectivity index (χ2n) is 3.75. The highest BCUT2D eigenvalue weighted by Crippen LogP contribution is 2.38. The lowest BCUT2D eigenvalue weighted by atomic mass is 10.3. The predicted octanol–water partition coefficient (Wildman–Crippen LogP) is 0.402. The van der Waals surface area contributed by atoms with Gasteiger partial charge in [0, 0.05) is 6.54 Å². The minimum absolute atomic E-state index is 0.0578. The van der Waals surface area contributed by atoms with Gasteiger partial charge in [-0.2, -0.15) is 13.2 Å². The van der Waals surface area contributed by atoms with Gasteiger partial charge in [0.1, 0.15) is 6.61 Å². The summed E-state index contributed by atoms with van der Waals surface area (Å²) in [6, 6.07) is 0. The SMILES string of the molecule is O=C(O)C1CC1C(=O)NCCOCC(F)(F)F. The van der Waals surface area contributed by atoms with Crippen molar-refractivity contribution < 1.29 is 32.6 Å². The first-order chi connectivity index (χ1) is 7.81. The van der Waals surface area contributed by atoms with Gasteiger partial charge in [-0.05, 0) is 6.42 Å². The summed E-state index contributed by atoms with van der Waals surface area (Å²) < 4.78 is 39.2. The molecule has 0 radical (unpaired) electrons. The number of hydrogen-bond acceptors (Lipinski definition) is 3. The van der Waals surface area contributed by atoms with E-state index in [0.717, 1.165) is 0 Å². The van der Waals surface area contributed by atoms with Gasteiger partial charge < -0.3 is 15.2 Å². The summed E-state index contributed by atoms with van der Waals surface area (Å²) in [5.74, 6) is -2.70. The molecule has 2 N–H and O–H groups in total. The van der Waals surface area contributed by atoms with E-state index in [-0.39, 0.29) is 19.6 Å². The first-order valence-electron chi connectivity index (χ1n) is 4.96. The lowest BCUT2D eigenvalue weighted by Crippen LogP contribution is -2.30. The van der Waals surface area contributed by atoms with Gasteiger partial charge in [0.25, 0.3) is 0 Å². The molecule has 8 heteroatoms. The molecule has 2 unspecified atom stereocenters. The second kappa shape index (κ2) is 5.35. The molecular formula is C9H12F3NO4. The van der Waals surface area contributed by atoms with E-state index in [0.29, 0.717) is 0 Å². The summed E-state index contributed by atoms with van der Waals surface area (Å²) in [6.07, 6.45) is -4.10. The number of carboxylic acid groups (broad SMARTS) is 1. The number of carbonyl (C=O) groups excluding carboxylic acids is 1. The van der Waals surface area contributed by atoms with Crippen LogP contribution in [0, 0.1) is 11.8 Å². The van der Waals surface area contributed by atoms with E-state index < -0.39 is 36.5 Å². The molecule has 0 aromatic carbocycles. The Kier molecular flexibility index (Phi) is 4.33. The van der Waals surface area contributed by atoms with E-state index in [2.05, 4.69) is 10.1 Å². The van der Waals surface area contributed by atoms with Crippen molar-refractivity contribution in [3.63, 3.8) is 0 Å². The largest absolute Gasteiger partial charge is 0.481 e. The number of ether oxygens (including phenoxy) is 1. The normalized spacial score (nSPS) is 23.2. The van der Waals surface area contributed by atoms with Gasteiger partial charge >= 0.3 is 12.1 Å². The van der Waals surface area contributed by atoms with Crippen molar-refractivity contribution in [3.05, 3.63) is 0 Å². The zero-order valence-corrected chi connectivity index (χ0v) is 8.79. The smallest absolute Gasteiger partial charge is 0.411 e. The molecule has 1 aliphatic rings. The maximum absolute atomic E-state index is 11.6. The van der Waals surface area contributed by atoms with Crippen LogP contribution >= 0.6 is 0 Å². The number of rotatable bonds is 6. The molecule has 0 saturated heterocycles. The van der Waals surface area contributed by atoms with E-state index in [1.807, 2.05) is 0 Å². The summed E-state index contributed by atoms with van der Waals surface area (Å²) in [5, 5.41) is 10.9. The number of alkyl halides is 3. The van der Waals surface area contributed by atoms with Crippen LogP contribution in [0.3, 0.4) is 0 Å². The molecule has 1 fully saturated rings. The van der Waals surface area contributed by atoms with Crippen LogP contribution in [-0.4, -0.2) is 42.9 Å². The average Bonchev–Trinajstić information content (AvgIpc) is 2.94. The molecule has 1 rings (SSSR count). The summed E-state index contributed by atoms with van der Waals surface area (Å²) in [4.78, 5) is 21.7. The maximum Gasteiger partial charge on any atom is 0.411 e. The zero-order valence-electron chi connectivity index (χ0n) is 8.79. The third kappa shape index (κ3) is 5.03. The van der Waals surface area contributed by atoms with Gasteiger partial charge in [-0.25, -0.2) is 0 Å². The Balaban J connectivity index is 2.04. The van der Waals surface area contributed by atoms with E-state index >= 15 is 0 Å². The molecule has 1 aliphatic carbocycles. The van der Waals surface area contributed by atoms with E-state index in [4.69, 9.17) is 5.11 Å². The molecule has 0 heterocycles. The number of nitrogens with one attached hydrogen (secondary N) is 1. The fourth-order valence-electron chi connectivity index (χ4n) is 1.32. The summed E-state index contributed by atoms with van der Waals surface area (Å²) in [7, 11) is 0. The van der Waals surface area contributed by atoms with E-state index in [9.17, 15) is 22.8 Å². The van der Waals surface area contributed by atoms with Gasteiger partial charge in [0.05, 0.1) is 18.4 Å². The molecule has 0 spiro atoms. The zero-order chi connectivity index (χ0) is 13.1. The van der Waals surface area contributed by atoms with Crippen molar-refractivity contribution in [3.8, 4) is 0 Å². The Morgan fingerprint density at radius 2 is 2.00 bits per heavy atom. The third-order valence-corrected chi connectivity index (χ3v) is 2.26. The van der Waals surface area contributed by atoms with Crippen molar-refractivity contribution in [2.75, 3.05) is 19.8 Å². The van der Waals surface area contributed by atoms with Crippen molar-refractivity contribution in [2.45, 2.75) is 12.6 Å². The Bertz CT molecular complexity index is 305. The van der Waals surface area contributed by atoms with Crippen LogP contribution < -0.4 is 5.32 Å². The summed E-state index contributed by atoms with van der Waals surface area (Å²) >= 11 is 0. The fraction of sp³-hybridized carbons (Fsp3) is 0.778. The number of carbonyl (C=O) groups is 2. The first kappa shape index (κ1) is 13.8. The van der Waals surface area contributed by atoms with Crippen molar-refractivity contribution in [1.82, 2.24) is 5.32 Å².